The lowest BCUT2D eigenvalue weighted by Gasteiger charge is -2.26. The third kappa shape index (κ3) is 5.46. The fourth-order valence-corrected chi connectivity index (χ4v) is 5.59. The van der Waals surface area contributed by atoms with E-state index < -0.39 is 10.0 Å². The molecule has 12 heteroatoms. The third-order valence-electron chi connectivity index (χ3n) is 5.14. The van der Waals surface area contributed by atoms with Gasteiger partial charge in [0.25, 0.3) is 0 Å². The Balaban J connectivity index is 1.41. The van der Waals surface area contributed by atoms with Gasteiger partial charge in [-0.2, -0.15) is 4.31 Å². The number of benzene rings is 2. The minimum atomic E-state index is -3.67. The number of amides is 1. The Hall–Kier alpha value is -2.80. The van der Waals surface area contributed by atoms with E-state index in [9.17, 15) is 13.2 Å². The number of hydrogen-bond acceptors (Lipinski definition) is 8. The summed E-state index contributed by atoms with van der Waals surface area (Å²) in [7, 11) is -2.24. The van der Waals surface area contributed by atoms with Crippen LogP contribution in [-0.4, -0.2) is 74.4 Å². The summed E-state index contributed by atoms with van der Waals surface area (Å²) in [5, 5.41) is 3.38. The Morgan fingerprint density at radius 1 is 1.24 bits per heavy atom. The molecular formula is C22H26N4O6S2. The van der Waals surface area contributed by atoms with Crippen molar-refractivity contribution in [3.05, 3.63) is 36.4 Å². The minimum Gasteiger partial charge on any atom is -0.495 e. The molecule has 182 valence electrons. The van der Waals surface area contributed by atoms with Crippen LogP contribution in [0.5, 0.6) is 11.5 Å². The van der Waals surface area contributed by atoms with Crippen LogP contribution < -0.4 is 14.8 Å². The molecule has 10 nitrogen and oxygen atoms in total. The lowest BCUT2D eigenvalue weighted by molar-refractivity contribution is -0.113. The third-order valence-corrected chi connectivity index (χ3v) is 7.91. The number of H-pyrrole nitrogens is 1. The van der Waals surface area contributed by atoms with Gasteiger partial charge in [0.1, 0.15) is 11.5 Å². The maximum Gasteiger partial charge on any atom is 0.243 e. The molecular weight excluding hydrogens is 480 g/mol. The second-order valence-electron chi connectivity index (χ2n) is 7.37. The number of carbonyl (C=O) groups excluding carboxylic acids is 1. The first-order valence-electron chi connectivity index (χ1n) is 10.7. The summed E-state index contributed by atoms with van der Waals surface area (Å²) in [6.45, 7) is 3.82. The molecule has 2 N–H and O–H groups in total. The summed E-state index contributed by atoms with van der Waals surface area (Å²) in [5.74, 6) is 0.844. The van der Waals surface area contributed by atoms with Gasteiger partial charge in [0.15, 0.2) is 5.16 Å². The molecule has 0 unspecified atom stereocenters. The van der Waals surface area contributed by atoms with E-state index in [1.165, 1.54) is 41.4 Å². The molecule has 0 atom stereocenters. The van der Waals surface area contributed by atoms with Gasteiger partial charge < -0.3 is 24.5 Å². The van der Waals surface area contributed by atoms with E-state index in [2.05, 4.69) is 15.3 Å². The normalized spacial score (nSPS) is 14.8. The van der Waals surface area contributed by atoms with Crippen LogP contribution in [0, 0.1) is 0 Å². The number of aromatic amines is 1. The van der Waals surface area contributed by atoms with E-state index in [1.807, 2.05) is 25.1 Å². The van der Waals surface area contributed by atoms with E-state index >= 15 is 0 Å². The standard InChI is InChI=1S/C22H26N4O6S2/c1-3-32-15-4-6-17-19(12-15)25-22(24-17)33-14-21(27)23-18-7-5-16(13-20(18)30-2)34(28,29)26-8-10-31-11-9-26/h4-7,12-13H,3,8-11,14H2,1-2H3,(H,23,27)(H,24,25). The highest BCUT2D eigenvalue weighted by Crippen LogP contribution is 2.30. The topological polar surface area (TPSA) is 123 Å². The van der Waals surface area contributed by atoms with Gasteiger partial charge >= 0.3 is 0 Å². The summed E-state index contributed by atoms with van der Waals surface area (Å²) < 4.78 is 43.2. The number of ether oxygens (including phenoxy) is 3. The van der Waals surface area contributed by atoms with Crippen molar-refractivity contribution >= 4 is 44.4 Å². The second-order valence-corrected chi connectivity index (χ2v) is 10.3. The Kier molecular flexibility index (Phi) is 7.61. The number of imidazole rings is 1. The number of thioether (sulfide) groups is 1. The summed E-state index contributed by atoms with van der Waals surface area (Å²) >= 11 is 1.26. The first kappa shape index (κ1) is 24.3. The second kappa shape index (κ2) is 10.6. The Morgan fingerprint density at radius 3 is 2.76 bits per heavy atom. The number of nitrogens with one attached hydrogen (secondary N) is 2. The van der Waals surface area contributed by atoms with Crippen LogP contribution in [0.2, 0.25) is 0 Å². The zero-order chi connectivity index (χ0) is 24.1. The number of fused-ring (bicyclic) bond motifs is 1. The number of aromatic nitrogens is 2. The van der Waals surface area contributed by atoms with Crippen molar-refractivity contribution in [2.45, 2.75) is 17.0 Å². The molecule has 34 heavy (non-hydrogen) atoms. The largest absolute Gasteiger partial charge is 0.495 e. The van der Waals surface area contributed by atoms with Crippen molar-refractivity contribution in [1.82, 2.24) is 14.3 Å². The highest BCUT2D eigenvalue weighted by Gasteiger charge is 2.27. The number of nitrogens with zero attached hydrogens (tertiary/aromatic N) is 2. The first-order valence-corrected chi connectivity index (χ1v) is 13.1. The molecule has 0 aliphatic carbocycles. The van der Waals surface area contributed by atoms with Gasteiger partial charge in [-0.05, 0) is 31.2 Å². The highest BCUT2D eigenvalue weighted by molar-refractivity contribution is 7.99. The smallest absolute Gasteiger partial charge is 0.243 e. The van der Waals surface area contributed by atoms with Gasteiger partial charge in [0.2, 0.25) is 15.9 Å². The number of carbonyl (C=O) groups is 1. The van der Waals surface area contributed by atoms with E-state index in [0.29, 0.717) is 43.8 Å². The average molecular weight is 507 g/mol. The van der Waals surface area contributed by atoms with Gasteiger partial charge in [0, 0.05) is 25.2 Å². The number of sulfonamides is 1. The minimum absolute atomic E-state index is 0.104. The number of anilines is 1. The molecule has 1 aliphatic rings. The lowest BCUT2D eigenvalue weighted by Crippen LogP contribution is -2.40. The monoisotopic (exact) mass is 506 g/mol. The van der Waals surface area contributed by atoms with Gasteiger partial charge in [-0.3, -0.25) is 4.79 Å². The van der Waals surface area contributed by atoms with Crippen molar-refractivity contribution in [2.75, 3.05) is 51.1 Å². The van der Waals surface area contributed by atoms with Crippen molar-refractivity contribution < 1.29 is 27.4 Å². The van der Waals surface area contributed by atoms with Crippen LogP contribution in [-0.2, 0) is 19.6 Å². The van der Waals surface area contributed by atoms with Gasteiger partial charge in [0.05, 0.1) is 54.3 Å². The number of methoxy groups -OCH3 is 1. The molecule has 1 amide bonds. The maximum atomic E-state index is 12.9. The van der Waals surface area contributed by atoms with Crippen molar-refractivity contribution in [1.29, 1.82) is 0 Å². The van der Waals surface area contributed by atoms with Crippen molar-refractivity contribution in [3.8, 4) is 11.5 Å². The quantitative estimate of drug-likeness (QED) is 0.425. The van der Waals surface area contributed by atoms with Gasteiger partial charge in [-0.25, -0.2) is 13.4 Å². The van der Waals surface area contributed by atoms with Crippen molar-refractivity contribution in [3.63, 3.8) is 0 Å². The maximum absolute atomic E-state index is 12.9. The first-order chi connectivity index (χ1) is 16.4. The van der Waals surface area contributed by atoms with Crippen LogP contribution in [0.4, 0.5) is 5.69 Å². The van der Waals surface area contributed by atoms with Crippen LogP contribution >= 0.6 is 11.8 Å². The summed E-state index contributed by atoms with van der Waals surface area (Å²) in [6, 6.07) is 9.99. The van der Waals surface area contributed by atoms with Crippen LogP contribution in [0.1, 0.15) is 6.92 Å². The zero-order valence-electron chi connectivity index (χ0n) is 18.9. The van der Waals surface area contributed by atoms with Gasteiger partial charge in [-0.1, -0.05) is 11.8 Å². The molecule has 1 fully saturated rings. The molecule has 4 rings (SSSR count). The molecule has 0 spiro atoms. The van der Waals surface area contributed by atoms with E-state index in [1.54, 1.807) is 0 Å². The number of morpholine rings is 1. The Labute approximate surface area is 202 Å². The Morgan fingerprint density at radius 2 is 2.03 bits per heavy atom. The van der Waals surface area contributed by atoms with Crippen LogP contribution in [0.15, 0.2) is 46.5 Å². The predicted molar refractivity (Wildman–Crippen MR) is 129 cm³/mol. The number of rotatable bonds is 9. The molecule has 1 aromatic heterocycles. The summed E-state index contributed by atoms with van der Waals surface area (Å²) in [6.07, 6.45) is 0. The molecule has 0 saturated carbocycles. The van der Waals surface area contributed by atoms with Crippen LogP contribution in [0.3, 0.4) is 0 Å². The predicted octanol–water partition coefficient (Wildman–Crippen LogP) is 2.72. The molecule has 2 aromatic carbocycles. The fraction of sp³-hybridized carbons (Fsp3) is 0.364. The van der Waals surface area contributed by atoms with E-state index in [4.69, 9.17) is 14.2 Å². The summed E-state index contributed by atoms with van der Waals surface area (Å²) in [5.41, 5.74) is 2.00. The zero-order valence-corrected chi connectivity index (χ0v) is 20.5. The molecule has 2 heterocycles. The van der Waals surface area contributed by atoms with E-state index in [0.717, 1.165) is 16.8 Å². The molecule has 0 radical (unpaired) electrons. The van der Waals surface area contributed by atoms with Gasteiger partial charge in [-0.15, -0.1) is 0 Å². The van der Waals surface area contributed by atoms with Crippen molar-refractivity contribution in [2.24, 2.45) is 0 Å². The molecule has 0 bridgehead atoms. The fourth-order valence-electron chi connectivity index (χ4n) is 3.48. The Bertz CT molecular complexity index is 1270. The molecule has 1 aliphatic heterocycles. The van der Waals surface area contributed by atoms with Crippen LogP contribution in [0.25, 0.3) is 11.0 Å². The average Bonchev–Trinajstić information content (AvgIpc) is 3.26. The highest BCUT2D eigenvalue weighted by atomic mass is 32.2. The SMILES string of the molecule is CCOc1ccc2nc(SCC(=O)Nc3ccc(S(=O)(=O)N4CCOCC4)cc3OC)[nH]c2c1. The van der Waals surface area contributed by atoms with E-state index in [-0.39, 0.29) is 22.3 Å². The lowest BCUT2D eigenvalue weighted by atomic mass is 10.3. The molecule has 1 saturated heterocycles. The number of hydrogen-bond donors (Lipinski definition) is 2. The molecule has 3 aromatic rings. The summed E-state index contributed by atoms with van der Waals surface area (Å²) in [4.78, 5) is 20.3.